The van der Waals surface area contributed by atoms with Gasteiger partial charge in [0.25, 0.3) is 0 Å². The third-order valence-corrected chi connectivity index (χ3v) is 6.42. The Labute approximate surface area is 199 Å². The number of anilines is 1. The molecule has 4 aromatic heterocycles. The average Bonchev–Trinajstić information content (AvgIpc) is 3.51. The molecule has 0 saturated carbocycles. The first-order valence-corrected chi connectivity index (χ1v) is 11.4. The Morgan fingerprint density at radius 1 is 0.800 bits per heavy atom. The molecule has 35 heavy (non-hydrogen) atoms. The van der Waals surface area contributed by atoms with Gasteiger partial charge in [-0.2, -0.15) is 5.10 Å². The highest BCUT2D eigenvalue weighted by molar-refractivity contribution is 5.98. The number of hydrogen-bond acceptors (Lipinski definition) is 5. The van der Waals surface area contributed by atoms with Crippen LogP contribution in [0, 0.1) is 0 Å². The highest BCUT2D eigenvalue weighted by atomic mass is 16.1. The molecule has 0 fully saturated rings. The molecule has 0 saturated heterocycles. The lowest BCUT2D eigenvalue weighted by molar-refractivity contribution is -0.116. The van der Waals surface area contributed by atoms with Gasteiger partial charge in [-0.3, -0.25) is 19.9 Å². The van der Waals surface area contributed by atoms with Gasteiger partial charge in [0.05, 0.1) is 34.6 Å². The minimum Gasteiger partial charge on any atom is -0.335 e. The number of aryl methyl sites for hydroxylation is 1. The molecule has 0 spiro atoms. The van der Waals surface area contributed by atoms with Crippen molar-refractivity contribution < 1.29 is 4.79 Å². The molecule has 2 aromatic carbocycles. The van der Waals surface area contributed by atoms with Gasteiger partial charge in [0.2, 0.25) is 5.91 Å². The number of imidazole rings is 1. The van der Waals surface area contributed by atoms with E-state index in [1.165, 1.54) is 0 Å². The molecule has 1 aliphatic heterocycles. The van der Waals surface area contributed by atoms with Crippen molar-refractivity contribution in [1.29, 1.82) is 0 Å². The fourth-order valence-electron chi connectivity index (χ4n) is 4.67. The number of hydrogen-bond donors (Lipinski definition) is 3. The summed E-state index contributed by atoms with van der Waals surface area (Å²) in [4.78, 5) is 29.8. The molecule has 7 rings (SSSR count). The van der Waals surface area contributed by atoms with E-state index >= 15 is 0 Å². The van der Waals surface area contributed by atoms with Gasteiger partial charge in [0.15, 0.2) is 5.82 Å². The molecular formula is C27H19N7O. The van der Waals surface area contributed by atoms with Crippen LogP contribution in [-0.4, -0.2) is 36.0 Å². The molecule has 6 aromatic rings. The largest absolute Gasteiger partial charge is 0.335 e. The summed E-state index contributed by atoms with van der Waals surface area (Å²) < 4.78 is 0. The summed E-state index contributed by atoms with van der Waals surface area (Å²) in [5.74, 6) is 0.623. The summed E-state index contributed by atoms with van der Waals surface area (Å²) in [5, 5.41) is 11.6. The highest BCUT2D eigenvalue weighted by Gasteiger charge is 2.17. The predicted octanol–water partition coefficient (Wildman–Crippen LogP) is 5.11. The number of aromatic nitrogens is 6. The average molecular weight is 457 g/mol. The quantitative estimate of drug-likeness (QED) is 0.293. The molecule has 0 unspecified atom stereocenters. The minimum atomic E-state index is -0.0521. The second kappa shape index (κ2) is 7.59. The first-order valence-electron chi connectivity index (χ1n) is 11.4. The smallest absolute Gasteiger partial charge is 0.224 e. The van der Waals surface area contributed by atoms with Crippen molar-refractivity contribution in [2.45, 2.75) is 12.8 Å². The molecule has 8 nitrogen and oxygen atoms in total. The maximum Gasteiger partial charge on any atom is 0.224 e. The van der Waals surface area contributed by atoms with Crippen LogP contribution in [0.2, 0.25) is 0 Å². The number of amides is 1. The molecule has 168 valence electrons. The number of carbonyl (C=O) groups excluding carboxylic acids is 1. The predicted molar refractivity (Wildman–Crippen MR) is 135 cm³/mol. The number of fused-ring (bicyclic) bond motifs is 9. The fraction of sp³-hybridized carbons (Fsp3) is 0.0741. The summed E-state index contributed by atoms with van der Waals surface area (Å²) in [6.45, 7) is 0. The first-order chi connectivity index (χ1) is 17.2. The maximum absolute atomic E-state index is 12.7. The van der Waals surface area contributed by atoms with Crippen LogP contribution in [0.5, 0.6) is 0 Å². The van der Waals surface area contributed by atoms with Crippen LogP contribution in [-0.2, 0) is 11.2 Å². The third kappa shape index (κ3) is 3.34. The van der Waals surface area contributed by atoms with Crippen molar-refractivity contribution in [3.8, 4) is 33.8 Å². The SMILES string of the molecule is O=C1CCc2cccc(c2)-c2cncc3[nH]c(nc23)-c2n[nH]c3ccc(cc23)-c2cncc(c2)N1. The van der Waals surface area contributed by atoms with E-state index in [1.54, 1.807) is 18.6 Å². The summed E-state index contributed by atoms with van der Waals surface area (Å²) in [6.07, 6.45) is 8.06. The summed E-state index contributed by atoms with van der Waals surface area (Å²) in [6, 6.07) is 16.2. The summed E-state index contributed by atoms with van der Waals surface area (Å²) in [7, 11) is 0. The molecule has 1 amide bonds. The van der Waals surface area contributed by atoms with Crippen LogP contribution in [0.3, 0.4) is 0 Å². The van der Waals surface area contributed by atoms with Gasteiger partial charge < -0.3 is 10.3 Å². The lowest BCUT2D eigenvalue weighted by Gasteiger charge is -2.09. The standard InChI is InChI=1S/C27H19N7O/c35-24-7-4-15-2-1-3-17(8-15)21-13-29-14-23-25(21)32-27(31-23)26-20-10-16(5-6-22(20)33-34-26)18-9-19(30-24)12-28-11-18/h1-3,5-6,8-14H,4,7H2,(H,30,35)(H,31,32)(H,33,34). The van der Waals surface area contributed by atoms with E-state index in [-0.39, 0.29) is 5.91 Å². The van der Waals surface area contributed by atoms with E-state index in [9.17, 15) is 4.79 Å². The number of pyridine rings is 2. The van der Waals surface area contributed by atoms with Crippen LogP contribution >= 0.6 is 0 Å². The van der Waals surface area contributed by atoms with Gasteiger partial charge in [-0.1, -0.05) is 30.3 Å². The van der Waals surface area contributed by atoms with Gasteiger partial charge in [-0.15, -0.1) is 0 Å². The van der Waals surface area contributed by atoms with Crippen LogP contribution in [0.25, 0.3) is 55.7 Å². The lowest BCUT2D eigenvalue weighted by Crippen LogP contribution is -2.12. The van der Waals surface area contributed by atoms with E-state index in [0.717, 1.165) is 55.4 Å². The van der Waals surface area contributed by atoms with Gasteiger partial charge in [0.1, 0.15) is 5.69 Å². The number of nitrogens with one attached hydrogen (secondary N) is 3. The molecule has 5 heterocycles. The number of carbonyl (C=O) groups is 1. The molecule has 1 aliphatic rings. The lowest BCUT2D eigenvalue weighted by atomic mass is 10.0. The molecular weight excluding hydrogens is 438 g/mol. The number of benzene rings is 2. The molecule has 8 bridgehead atoms. The first kappa shape index (κ1) is 19.6. The molecule has 0 radical (unpaired) electrons. The van der Waals surface area contributed by atoms with Gasteiger partial charge in [-0.05, 0) is 41.3 Å². The van der Waals surface area contributed by atoms with Gasteiger partial charge in [-0.25, -0.2) is 4.98 Å². The Morgan fingerprint density at radius 3 is 2.71 bits per heavy atom. The monoisotopic (exact) mass is 457 g/mol. The number of H-pyrrole nitrogens is 2. The van der Waals surface area contributed by atoms with E-state index < -0.39 is 0 Å². The third-order valence-electron chi connectivity index (χ3n) is 6.42. The van der Waals surface area contributed by atoms with Crippen molar-refractivity contribution in [2.75, 3.05) is 5.32 Å². The van der Waals surface area contributed by atoms with Crippen molar-refractivity contribution in [3.05, 3.63) is 78.9 Å². The van der Waals surface area contributed by atoms with Gasteiger partial charge >= 0.3 is 0 Å². The number of nitrogens with zero attached hydrogens (tertiary/aromatic N) is 4. The fourth-order valence-corrected chi connectivity index (χ4v) is 4.67. The van der Waals surface area contributed by atoms with E-state index in [4.69, 9.17) is 4.98 Å². The second-order valence-corrected chi connectivity index (χ2v) is 8.71. The topological polar surface area (TPSA) is 112 Å². The number of aromatic amines is 2. The second-order valence-electron chi connectivity index (χ2n) is 8.71. The molecule has 3 N–H and O–H groups in total. The van der Waals surface area contributed by atoms with E-state index in [0.29, 0.717) is 24.4 Å². The van der Waals surface area contributed by atoms with Gasteiger partial charge in [0, 0.05) is 35.3 Å². The van der Waals surface area contributed by atoms with Crippen LogP contribution in [0.15, 0.2) is 73.3 Å². The van der Waals surface area contributed by atoms with Crippen LogP contribution in [0.1, 0.15) is 12.0 Å². The van der Waals surface area contributed by atoms with Crippen LogP contribution in [0.4, 0.5) is 5.69 Å². The van der Waals surface area contributed by atoms with Crippen molar-refractivity contribution in [2.24, 2.45) is 0 Å². The highest BCUT2D eigenvalue weighted by Crippen LogP contribution is 2.33. The van der Waals surface area contributed by atoms with Crippen molar-refractivity contribution in [1.82, 2.24) is 30.1 Å². The van der Waals surface area contributed by atoms with Crippen molar-refractivity contribution >= 4 is 33.5 Å². The Bertz CT molecular complexity index is 1760. The molecule has 0 atom stereocenters. The zero-order valence-electron chi connectivity index (χ0n) is 18.5. The maximum atomic E-state index is 12.7. The zero-order chi connectivity index (χ0) is 23.4. The number of rotatable bonds is 0. The molecule has 0 aliphatic carbocycles. The Morgan fingerprint density at radius 2 is 1.74 bits per heavy atom. The summed E-state index contributed by atoms with van der Waals surface area (Å²) >= 11 is 0. The normalized spacial score (nSPS) is 13.2. The van der Waals surface area contributed by atoms with Crippen LogP contribution < -0.4 is 5.32 Å². The minimum absolute atomic E-state index is 0.0521. The van der Waals surface area contributed by atoms with E-state index in [2.05, 4.69) is 42.6 Å². The zero-order valence-corrected chi connectivity index (χ0v) is 18.5. The van der Waals surface area contributed by atoms with Crippen molar-refractivity contribution in [3.63, 3.8) is 0 Å². The summed E-state index contributed by atoms with van der Waals surface area (Å²) in [5.41, 5.74) is 8.86. The Balaban J connectivity index is 1.48. The van der Waals surface area contributed by atoms with E-state index in [1.807, 2.05) is 42.6 Å². The Hall–Kier alpha value is -4.85. The Kier molecular flexibility index (Phi) is 4.25. The molecule has 8 heteroatoms.